The van der Waals surface area contributed by atoms with Gasteiger partial charge in [-0.2, -0.15) is 72.8 Å². The van der Waals surface area contributed by atoms with Gasteiger partial charge in [-0.25, -0.2) is 0 Å². The third-order valence-electron chi connectivity index (χ3n) is 2.71. The average Bonchev–Trinajstić information content (AvgIpc) is 2.58. The maximum Gasteiger partial charge on any atom is 2.00 e. The molecule has 0 heterocycles. The van der Waals surface area contributed by atoms with Crippen molar-refractivity contribution in [1.82, 2.24) is 0 Å². The molecule has 3 heteroatoms. The molecule has 0 unspecified atom stereocenters. The monoisotopic (exact) mass is 525 g/mol. The van der Waals surface area contributed by atoms with Crippen LogP contribution in [0.4, 0.5) is 0 Å². The van der Waals surface area contributed by atoms with E-state index in [9.17, 15) is 0 Å². The average molecular weight is 526 g/mol. The van der Waals surface area contributed by atoms with E-state index < -0.39 is 0 Å². The van der Waals surface area contributed by atoms with Gasteiger partial charge in [0.2, 0.25) is 0 Å². The molecule has 0 bridgehead atoms. The van der Waals surface area contributed by atoms with Crippen molar-refractivity contribution >= 4 is 23.2 Å². The molecule has 0 radical (unpaired) electrons. The molecule has 0 nitrogen and oxygen atoms in total. The summed E-state index contributed by atoms with van der Waals surface area (Å²) in [5, 5.41) is 1.95. The van der Waals surface area contributed by atoms with Gasteiger partial charge < -0.3 is 0 Å². The van der Waals surface area contributed by atoms with E-state index in [1.165, 1.54) is 0 Å². The predicted molar refractivity (Wildman–Crippen MR) is 96.9 cm³/mol. The molecule has 0 amide bonds. The Hall–Kier alpha value is -0.812. The molecule has 3 rings (SSSR count). The van der Waals surface area contributed by atoms with Gasteiger partial charge in [-0.3, -0.25) is 0 Å². The van der Waals surface area contributed by atoms with Gasteiger partial charge >= 0.3 is 21.1 Å². The molecule has 2 aromatic rings. The Kier molecular flexibility index (Phi) is 15.5. The number of rotatable bonds is 0. The van der Waals surface area contributed by atoms with Crippen LogP contribution in [0.15, 0.2) is 82.9 Å². The molecule has 0 aliphatic heterocycles. The summed E-state index contributed by atoms with van der Waals surface area (Å²) in [6, 6.07) is 25.0. The van der Waals surface area contributed by atoms with Crippen molar-refractivity contribution in [3.63, 3.8) is 0 Å². The van der Waals surface area contributed by atoms with E-state index in [2.05, 4.69) is 24.3 Å². The summed E-state index contributed by atoms with van der Waals surface area (Å²) >= 11 is 11.7. The Bertz CT molecular complexity index is 431. The zero-order valence-electron chi connectivity index (χ0n) is 12.8. The van der Waals surface area contributed by atoms with Crippen molar-refractivity contribution in [2.45, 2.75) is 25.7 Å². The van der Waals surface area contributed by atoms with Crippen LogP contribution < -0.4 is 0 Å². The first-order valence-corrected chi connectivity index (χ1v) is 8.06. The second-order valence-electron chi connectivity index (χ2n) is 4.53. The topological polar surface area (TPSA) is 0 Å². The van der Waals surface area contributed by atoms with Crippen LogP contribution >= 0.6 is 23.2 Å². The summed E-state index contributed by atoms with van der Waals surface area (Å²) in [5.41, 5.74) is 0. The minimum atomic E-state index is 0. The van der Waals surface area contributed by atoms with Crippen molar-refractivity contribution in [3.8, 4) is 0 Å². The SMILES string of the molecule is ClC1=CCCC(Cl)=CCC1.[Pt+2].[c-]1ccccc1.[c-]1ccccc1. The zero-order valence-corrected chi connectivity index (χ0v) is 16.6. The van der Waals surface area contributed by atoms with Gasteiger partial charge in [0.15, 0.2) is 0 Å². The summed E-state index contributed by atoms with van der Waals surface area (Å²) in [5.74, 6) is 0. The second kappa shape index (κ2) is 16.1. The fraction of sp³-hybridized carbons (Fsp3) is 0.200. The fourth-order valence-electron chi connectivity index (χ4n) is 1.62. The Balaban J connectivity index is 0.000000325. The molecule has 23 heavy (non-hydrogen) atoms. The molecule has 1 aliphatic carbocycles. The number of hydrogen-bond donors (Lipinski definition) is 0. The second-order valence-corrected chi connectivity index (χ2v) is 5.50. The van der Waals surface area contributed by atoms with Crippen LogP contribution in [-0.4, -0.2) is 0 Å². The summed E-state index contributed by atoms with van der Waals surface area (Å²) in [4.78, 5) is 0. The van der Waals surface area contributed by atoms with Crippen molar-refractivity contribution in [2.75, 3.05) is 0 Å². The van der Waals surface area contributed by atoms with Gasteiger partial charge in [-0.05, 0) is 25.7 Å². The van der Waals surface area contributed by atoms with Crippen LogP contribution in [-0.2, 0) is 21.1 Å². The molecular weight excluding hydrogens is 506 g/mol. The Morgan fingerprint density at radius 3 is 1.17 bits per heavy atom. The number of benzene rings is 2. The van der Waals surface area contributed by atoms with Crippen molar-refractivity contribution in [3.05, 3.63) is 95.0 Å². The molecule has 0 saturated carbocycles. The van der Waals surface area contributed by atoms with Crippen LogP contribution in [0.2, 0.25) is 0 Å². The normalized spacial score (nSPS) is 13.1. The summed E-state index contributed by atoms with van der Waals surface area (Å²) in [6.45, 7) is 0. The molecule has 0 aromatic heterocycles. The van der Waals surface area contributed by atoms with E-state index in [0.717, 1.165) is 35.7 Å². The standard InChI is InChI=1S/C8H10Cl2.2C6H5.Pt/c9-7-3-1-4-8(10)6-2-5-7;2*1-2-4-6-5-3-1;/h3,6H,1-2,4-5H2;2*1-5H;/q;2*-1;+2. The van der Waals surface area contributed by atoms with E-state index in [1.54, 1.807) is 0 Å². The quantitative estimate of drug-likeness (QED) is 0.332. The minimum Gasteiger partial charge on any atom is -0.184 e. The van der Waals surface area contributed by atoms with Crippen LogP contribution in [0.3, 0.4) is 0 Å². The molecule has 0 atom stereocenters. The van der Waals surface area contributed by atoms with E-state index in [-0.39, 0.29) is 21.1 Å². The molecule has 0 fully saturated rings. The summed E-state index contributed by atoms with van der Waals surface area (Å²) in [7, 11) is 0. The summed E-state index contributed by atoms with van der Waals surface area (Å²) < 4.78 is 0. The van der Waals surface area contributed by atoms with Crippen LogP contribution in [0, 0.1) is 12.1 Å². The molecule has 0 N–H and O–H groups in total. The molecule has 1 aliphatic rings. The van der Waals surface area contributed by atoms with E-state index in [0.29, 0.717) is 0 Å². The van der Waals surface area contributed by atoms with E-state index >= 15 is 0 Å². The molecule has 0 spiro atoms. The van der Waals surface area contributed by atoms with Crippen LogP contribution in [0.5, 0.6) is 0 Å². The van der Waals surface area contributed by atoms with Crippen LogP contribution in [0.25, 0.3) is 0 Å². The van der Waals surface area contributed by atoms with Gasteiger partial charge in [0.25, 0.3) is 0 Å². The first-order chi connectivity index (χ1) is 10.8. The number of allylic oxidation sites excluding steroid dienone is 4. The van der Waals surface area contributed by atoms with Gasteiger partial charge in [-0.15, -0.1) is 0 Å². The van der Waals surface area contributed by atoms with Crippen molar-refractivity contribution < 1.29 is 21.1 Å². The predicted octanol–water partition coefficient (Wildman–Crippen LogP) is 6.78. The third-order valence-corrected chi connectivity index (χ3v) is 3.40. The Morgan fingerprint density at radius 1 is 0.609 bits per heavy atom. The first kappa shape index (κ1) is 22.2. The minimum absolute atomic E-state index is 0. The third kappa shape index (κ3) is 14.5. The molecular formula is C20H20Cl2Pt. The Morgan fingerprint density at radius 2 is 0.957 bits per heavy atom. The van der Waals surface area contributed by atoms with Gasteiger partial charge in [-0.1, -0.05) is 35.4 Å². The smallest absolute Gasteiger partial charge is 0.184 e. The Labute approximate surface area is 164 Å². The number of halogens is 2. The molecule has 0 saturated heterocycles. The first-order valence-electron chi connectivity index (χ1n) is 7.30. The van der Waals surface area contributed by atoms with Gasteiger partial charge in [0.1, 0.15) is 0 Å². The maximum atomic E-state index is 5.83. The number of hydrogen-bond acceptors (Lipinski definition) is 0. The van der Waals surface area contributed by atoms with Gasteiger partial charge in [0, 0.05) is 10.1 Å². The fourth-order valence-corrected chi connectivity index (χ4v) is 2.06. The largest absolute Gasteiger partial charge is 2.00 e. The van der Waals surface area contributed by atoms with Crippen molar-refractivity contribution in [1.29, 1.82) is 0 Å². The van der Waals surface area contributed by atoms with Gasteiger partial charge in [0.05, 0.1) is 0 Å². The molecule has 2 aromatic carbocycles. The van der Waals surface area contributed by atoms with Crippen LogP contribution in [0.1, 0.15) is 25.7 Å². The van der Waals surface area contributed by atoms with E-state index in [4.69, 9.17) is 23.2 Å². The molecule has 124 valence electrons. The summed E-state index contributed by atoms with van der Waals surface area (Å²) in [6.07, 6.45) is 7.95. The maximum absolute atomic E-state index is 5.83. The van der Waals surface area contributed by atoms with E-state index in [1.807, 2.05) is 60.7 Å². The zero-order chi connectivity index (χ0) is 15.9. The van der Waals surface area contributed by atoms with Crippen molar-refractivity contribution in [2.24, 2.45) is 0 Å².